The van der Waals surface area contributed by atoms with Crippen molar-refractivity contribution in [1.29, 1.82) is 0 Å². The van der Waals surface area contributed by atoms with Crippen LogP contribution in [0.5, 0.6) is 11.5 Å². The number of nitrogen functional groups attached to an aromatic ring is 1. The van der Waals surface area contributed by atoms with Gasteiger partial charge < -0.3 is 34.5 Å². The van der Waals surface area contributed by atoms with Crippen molar-refractivity contribution in [3.05, 3.63) is 53.9 Å². The average Bonchev–Trinajstić information content (AvgIpc) is 3.36. The van der Waals surface area contributed by atoms with Crippen LogP contribution in [0.3, 0.4) is 0 Å². The second kappa shape index (κ2) is 14.4. The van der Waals surface area contributed by atoms with E-state index in [0.29, 0.717) is 55.4 Å². The first-order valence-corrected chi connectivity index (χ1v) is 14.6. The van der Waals surface area contributed by atoms with E-state index in [1.807, 2.05) is 30.3 Å². The molecule has 0 spiro atoms. The van der Waals surface area contributed by atoms with E-state index in [0.717, 1.165) is 27.8 Å². The molecule has 4 aromatic rings. The molecule has 11 nitrogen and oxygen atoms in total. The summed E-state index contributed by atoms with van der Waals surface area (Å²) in [5.74, 6) is 0.165. The molecule has 1 atom stereocenters. The van der Waals surface area contributed by atoms with E-state index >= 15 is 0 Å². The van der Waals surface area contributed by atoms with Crippen LogP contribution in [0.1, 0.15) is 31.7 Å². The number of carboxylic acids is 1. The Labute approximate surface area is 255 Å². The van der Waals surface area contributed by atoms with E-state index in [1.165, 1.54) is 7.11 Å². The number of nitrogens with zero attached hydrogens (tertiary/aromatic N) is 4. The molecule has 230 valence electrons. The molecule has 0 aliphatic rings. The highest BCUT2D eigenvalue weighted by Crippen LogP contribution is 2.32. The summed E-state index contributed by atoms with van der Waals surface area (Å²) in [6.07, 6.45) is 0.145. The molecule has 0 aliphatic carbocycles. The lowest BCUT2D eigenvalue weighted by molar-refractivity contribution is -0.147. The van der Waals surface area contributed by atoms with Crippen molar-refractivity contribution >= 4 is 51.2 Å². The standard InChI is InChI=1S/C31H38ClN5O6/c1-19(2)29(31(39)40)43-24-16-20(10-11-23(24)42-4)18-36(26(38)17-32)13-7-14-37-25(12-15-41-3)35-27-28(37)21-8-5-6-9-22(21)34-30(27)33/h5-6,8-11,16,19,29H,7,12-15,17-18H2,1-4H3,(H2,33,34)(H,39,40). The van der Waals surface area contributed by atoms with Crippen LogP contribution in [0.15, 0.2) is 42.5 Å². The van der Waals surface area contributed by atoms with Gasteiger partial charge in [-0.2, -0.15) is 0 Å². The molecule has 0 fully saturated rings. The molecular weight excluding hydrogens is 574 g/mol. The first-order valence-electron chi connectivity index (χ1n) is 14.1. The van der Waals surface area contributed by atoms with Crippen LogP contribution in [-0.2, 0) is 33.8 Å². The molecule has 0 saturated heterocycles. The number of hydrogen-bond donors (Lipinski definition) is 2. The Bertz CT molecular complexity index is 1590. The maximum Gasteiger partial charge on any atom is 0.345 e. The molecule has 2 heterocycles. The van der Waals surface area contributed by atoms with Crippen LogP contribution in [0.4, 0.5) is 5.82 Å². The molecule has 2 aromatic heterocycles. The monoisotopic (exact) mass is 611 g/mol. The van der Waals surface area contributed by atoms with E-state index in [4.69, 9.17) is 36.5 Å². The molecule has 0 aliphatic heterocycles. The molecule has 12 heteroatoms. The smallest absolute Gasteiger partial charge is 0.345 e. The van der Waals surface area contributed by atoms with E-state index in [9.17, 15) is 14.7 Å². The number of hydrogen-bond acceptors (Lipinski definition) is 8. The summed E-state index contributed by atoms with van der Waals surface area (Å²) in [5.41, 5.74) is 9.39. The van der Waals surface area contributed by atoms with Crippen molar-refractivity contribution < 1.29 is 28.9 Å². The molecule has 4 rings (SSSR count). The zero-order valence-electron chi connectivity index (χ0n) is 24.9. The van der Waals surface area contributed by atoms with Crippen LogP contribution < -0.4 is 15.2 Å². The van der Waals surface area contributed by atoms with Gasteiger partial charge in [0, 0.05) is 44.5 Å². The number of carbonyl (C=O) groups excluding carboxylic acids is 1. The minimum absolute atomic E-state index is 0.173. The minimum atomic E-state index is -1.07. The van der Waals surface area contributed by atoms with E-state index in [1.54, 1.807) is 38.0 Å². The number of methoxy groups -OCH3 is 2. The molecule has 2 aromatic carbocycles. The van der Waals surface area contributed by atoms with Gasteiger partial charge in [0.15, 0.2) is 23.4 Å². The Morgan fingerprint density at radius 3 is 2.56 bits per heavy atom. The maximum absolute atomic E-state index is 12.9. The summed E-state index contributed by atoms with van der Waals surface area (Å²) in [5, 5.41) is 10.6. The average molecular weight is 612 g/mol. The van der Waals surface area contributed by atoms with Gasteiger partial charge in [-0.1, -0.05) is 38.1 Å². The van der Waals surface area contributed by atoms with Gasteiger partial charge in [0.2, 0.25) is 5.91 Å². The number of pyridine rings is 1. The lowest BCUT2D eigenvalue weighted by Gasteiger charge is -2.24. The summed E-state index contributed by atoms with van der Waals surface area (Å²) >= 11 is 6.00. The molecule has 3 N–H and O–H groups in total. The van der Waals surface area contributed by atoms with Crippen molar-refractivity contribution in [2.75, 3.05) is 39.0 Å². The number of aryl methyl sites for hydroxylation is 1. The van der Waals surface area contributed by atoms with Gasteiger partial charge in [0.25, 0.3) is 0 Å². The number of anilines is 1. The van der Waals surface area contributed by atoms with Gasteiger partial charge in [0.05, 0.1) is 24.8 Å². The first-order chi connectivity index (χ1) is 20.7. The van der Waals surface area contributed by atoms with Gasteiger partial charge in [0.1, 0.15) is 17.2 Å². The van der Waals surface area contributed by atoms with Crippen LogP contribution in [-0.4, -0.2) is 75.8 Å². The second-order valence-electron chi connectivity index (χ2n) is 10.5. The molecule has 43 heavy (non-hydrogen) atoms. The number of fused-ring (bicyclic) bond motifs is 3. The summed E-state index contributed by atoms with van der Waals surface area (Å²) in [7, 11) is 3.14. The van der Waals surface area contributed by atoms with E-state index in [-0.39, 0.29) is 24.2 Å². The predicted molar refractivity (Wildman–Crippen MR) is 166 cm³/mol. The quantitative estimate of drug-likeness (QED) is 0.186. The fraction of sp³-hybridized carbons (Fsp3) is 0.419. The van der Waals surface area contributed by atoms with E-state index < -0.39 is 12.1 Å². The zero-order chi connectivity index (χ0) is 31.1. The van der Waals surface area contributed by atoms with Crippen LogP contribution >= 0.6 is 11.6 Å². The topological polar surface area (TPSA) is 142 Å². The number of alkyl halides is 1. The van der Waals surface area contributed by atoms with E-state index in [2.05, 4.69) is 9.55 Å². The third kappa shape index (κ3) is 7.29. The van der Waals surface area contributed by atoms with Crippen molar-refractivity contribution in [2.45, 2.75) is 45.9 Å². The molecular formula is C31H38ClN5O6. The Morgan fingerprint density at radius 1 is 1.12 bits per heavy atom. The van der Waals surface area contributed by atoms with Crippen molar-refractivity contribution in [3.63, 3.8) is 0 Å². The van der Waals surface area contributed by atoms with Crippen molar-refractivity contribution in [2.24, 2.45) is 5.92 Å². The lowest BCUT2D eigenvalue weighted by atomic mass is 10.1. The molecule has 0 bridgehead atoms. The number of imidazole rings is 1. The van der Waals surface area contributed by atoms with Crippen LogP contribution in [0.2, 0.25) is 0 Å². The number of halogens is 1. The fourth-order valence-electron chi connectivity index (χ4n) is 5.07. The summed E-state index contributed by atoms with van der Waals surface area (Å²) in [6, 6.07) is 13.0. The zero-order valence-corrected chi connectivity index (χ0v) is 25.6. The highest BCUT2D eigenvalue weighted by atomic mass is 35.5. The van der Waals surface area contributed by atoms with Gasteiger partial charge >= 0.3 is 5.97 Å². The highest BCUT2D eigenvalue weighted by molar-refractivity contribution is 6.27. The van der Waals surface area contributed by atoms with Gasteiger partial charge in [-0.3, -0.25) is 4.79 Å². The Hall–Kier alpha value is -4.09. The number of carboxylic acid groups (broad SMARTS) is 1. The van der Waals surface area contributed by atoms with Crippen molar-refractivity contribution in [3.8, 4) is 11.5 Å². The fourth-order valence-corrected chi connectivity index (χ4v) is 5.24. The third-order valence-electron chi connectivity index (χ3n) is 7.20. The lowest BCUT2D eigenvalue weighted by Crippen LogP contribution is -2.33. The number of carbonyl (C=O) groups is 2. The number of benzene rings is 2. The third-order valence-corrected chi connectivity index (χ3v) is 7.43. The SMILES string of the molecule is COCCc1nc2c(N)nc3ccccc3c2n1CCCN(Cc1ccc(OC)c(OC(C(=O)O)C(C)C)c1)C(=O)CCl. The first kappa shape index (κ1) is 31.8. The Kier molecular flexibility index (Phi) is 10.7. The molecule has 0 saturated carbocycles. The van der Waals surface area contributed by atoms with Crippen LogP contribution in [0.25, 0.3) is 21.9 Å². The van der Waals surface area contributed by atoms with Crippen LogP contribution in [0, 0.1) is 5.92 Å². The Morgan fingerprint density at radius 2 is 1.88 bits per heavy atom. The van der Waals surface area contributed by atoms with Gasteiger partial charge in [-0.25, -0.2) is 14.8 Å². The molecule has 1 unspecified atom stereocenters. The highest BCUT2D eigenvalue weighted by Gasteiger charge is 2.25. The number of ether oxygens (including phenoxy) is 3. The predicted octanol–water partition coefficient (Wildman–Crippen LogP) is 4.51. The number of para-hydroxylation sites is 1. The second-order valence-corrected chi connectivity index (χ2v) is 10.8. The largest absolute Gasteiger partial charge is 0.493 e. The molecule has 0 radical (unpaired) electrons. The number of aliphatic carboxylic acids is 1. The minimum Gasteiger partial charge on any atom is -0.493 e. The van der Waals surface area contributed by atoms with Gasteiger partial charge in [-0.05, 0) is 30.2 Å². The number of aromatic nitrogens is 3. The molecule has 1 amide bonds. The number of nitrogens with two attached hydrogens (primary N) is 1. The normalized spacial score (nSPS) is 12.1. The maximum atomic E-state index is 12.9. The Balaban J connectivity index is 1.59. The summed E-state index contributed by atoms with van der Waals surface area (Å²) in [4.78, 5) is 35.7. The van der Waals surface area contributed by atoms with Gasteiger partial charge in [-0.15, -0.1) is 11.6 Å². The number of rotatable bonds is 15. The summed E-state index contributed by atoms with van der Waals surface area (Å²) in [6.45, 7) is 5.28. The van der Waals surface area contributed by atoms with Crippen molar-refractivity contribution in [1.82, 2.24) is 19.4 Å². The number of amides is 1. The summed E-state index contributed by atoms with van der Waals surface area (Å²) < 4.78 is 18.7.